The van der Waals surface area contributed by atoms with Gasteiger partial charge in [0.05, 0.1) is 5.52 Å². The first kappa shape index (κ1) is 12.3. The predicted molar refractivity (Wildman–Crippen MR) is 79.0 cm³/mol. The number of fused-ring (bicyclic) bond motifs is 1. The van der Waals surface area contributed by atoms with Gasteiger partial charge in [0.25, 0.3) is 0 Å². The zero-order chi connectivity index (χ0) is 14.1. The number of nitrogens with two attached hydrogens (primary N) is 1. The van der Waals surface area contributed by atoms with Gasteiger partial charge >= 0.3 is 5.97 Å². The van der Waals surface area contributed by atoms with Crippen LogP contribution < -0.4 is 10.5 Å². The summed E-state index contributed by atoms with van der Waals surface area (Å²) in [5.41, 5.74) is 8.42. The summed E-state index contributed by atoms with van der Waals surface area (Å²) in [4.78, 5) is 11.1. The fourth-order valence-corrected chi connectivity index (χ4v) is 2.24. The normalized spacial score (nSPS) is 10.7. The van der Waals surface area contributed by atoms with Crippen LogP contribution in [0.15, 0.2) is 54.7 Å². The Kier molecular flexibility index (Phi) is 2.91. The summed E-state index contributed by atoms with van der Waals surface area (Å²) in [6.45, 7) is 1.40. The quantitative estimate of drug-likeness (QED) is 0.440. The zero-order valence-electron chi connectivity index (χ0n) is 11.0. The van der Waals surface area contributed by atoms with E-state index in [0.717, 1.165) is 22.3 Å². The molecule has 4 heteroatoms. The SMILES string of the molecule is CC(=O)Oc1cccc2c1ccn2-c1ccc(N)cc1. The van der Waals surface area contributed by atoms with Gasteiger partial charge in [0.2, 0.25) is 0 Å². The third-order valence-corrected chi connectivity index (χ3v) is 3.12. The number of hydrogen-bond donors (Lipinski definition) is 1. The molecule has 0 saturated carbocycles. The van der Waals surface area contributed by atoms with Crippen LogP contribution in [0.5, 0.6) is 5.75 Å². The number of anilines is 1. The van der Waals surface area contributed by atoms with Crippen molar-refractivity contribution in [1.29, 1.82) is 0 Å². The number of benzene rings is 2. The fourth-order valence-electron chi connectivity index (χ4n) is 2.24. The molecule has 0 amide bonds. The maximum absolute atomic E-state index is 11.1. The number of nitrogen functional groups attached to an aromatic ring is 1. The van der Waals surface area contributed by atoms with E-state index in [1.165, 1.54) is 6.92 Å². The fraction of sp³-hybridized carbons (Fsp3) is 0.0625. The van der Waals surface area contributed by atoms with Crippen LogP contribution in [-0.4, -0.2) is 10.5 Å². The Morgan fingerprint density at radius 3 is 2.55 bits per heavy atom. The Hall–Kier alpha value is -2.75. The summed E-state index contributed by atoms with van der Waals surface area (Å²) in [5, 5.41) is 0.902. The van der Waals surface area contributed by atoms with Crippen molar-refractivity contribution < 1.29 is 9.53 Å². The first-order valence-corrected chi connectivity index (χ1v) is 6.29. The highest BCUT2D eigenvalue weighted by molar-refractivity contribution is 5.89. The lowest BCUT2D eigenvalue weighted by molar-refractivity contribution is -0.131. The van der Waals surface area contributed by atoms with Gasteiger partial charge in [-0.15, -0.1) is 0 Å². The van der Waals surface area contributed by atoms with E-state index in [1.54, 1.807) is 6.07 Å². The van der Waals surface area contributed by atoms with Crippen molar-refractivity contribution in [3.05, 3.63) is 54.7 Å². The highest BCUT2D eigenvalue weighted by Gasteiger charge is 2.09. The molecule has 0 atom stereocenters. The lowest BCUT2D eigenvalue weighted by Crippen LogP contribution is -2.01. The van der Waals surface area contributed by atoms with Crippen LogP contribution in [0.3, 0.4) is 0 Å². The van der Waals surface area contributed by atoms with Crippen molar-refractivity contribution in [2.75, 3.05) is 5.73 Å². The second kappa shape index (κ2) is 4.74. The average molecular weight is 266 g/mol. The van der Waals surface area contributed by atoms with Crippen LogP contribution in [0.1, 0.15) is 6.92 Å². The van der Waals surface area contributed by atoms with Gasteiger partial charge in [-0.1, -0.05) is 6.07 Å². The van der Waals surface area contributed by atoms with Gasteiger partial charge in [-0.05, 0) is 42.5 Å². The smallest absolute Gasteiger partial charge is 0.308 e. The van der Waals surface area contributed by atoms with Gasteiger partial charge in [0, 0.05) is 29.9 Å². The predicted octanol–water partition coefficient (Wildman–Crippen LogP) is 3.14. The largest absolute Gasteiger partial charge is 0.426 e. The second-order valence-electron chi connectivity index (χ2n) is 4.56. The van der Waals surface area contributed by atoms with Crippen LogP contribution in [0.2, 0.25) is 0 Å². The van der Waals surface area contributed by atoms with Gasteiger partial charge in [-0.25, -0.2) is 0 Å². The minimum absolute atomic E-state index is 0.322. The van der Waals surface area contributed by atoms with E-state index in [9.17, 15) is 4.79 Å². The molecule has 0 spiro atoms. The number of ether oxygens (including phenoxy) is 1. The molecule has 0 fully saturated rings. The van der Waals surface area contributed by atoms with Crippen LogP contribution >= 0.6 is 0 Å². The van der Waals surface area contributed by atoms with Crippen molar-refractivity contribution in [3.63, 3.8) is 0 Å². The second-order valence-corrected chi connectivity index (χ2v) is 4.56. The summed E-state index contributed by atoms with van der Waals surface area (Å²) < 4.78 is 7.25. The van der Waals surface area contributed by atoms with E-state index in [0.29, 0.717) is 5.75 Å². The molecular formula is C16H14N2O2. The lowest BCUT2D eigenvalue weighted by Gasteiger charge is -2.07. The topological polar surface area (TPSA) is 57.2 Å². The number of carbonyl (C=O) groups is 1. The van der Waals surface area contributed by atoms with Crippen molar-refractivity contribution in [2.45, 2.75) is 6.92 Å². The third-order valence-electron chi connectivity index (χ3n) is 3.12. The summed E-state index contributed by atoms with van der Waals surface area (Å²) in [5.74, 6) is 0.252. The number of esters is 1. The number of carbonyl (C=O) groups excluding carboxylic acids is 1. The molecule has 0 aliphatic carbocycles. The highest BCUT2D eigenvalue weighted by atomic mass is 16.5. The highest BCUT2D eigenvalue weighted by Crippen LogP contribution is 2.29. The van der Waals surface area contributed by atoms with Gasteiger partial charge in [0.15, 0.2) is 0 Å². The average Bonchev–Trinajstić information content (AvgIpc) is 2.84. The maximum Gasteiger partial charge on any atom is 0.308 e. The van der Waals surface area contributed by atoms with E-state index in [-0.39, 0.29) is 5.97 Å². The van der Waals surface area contributed by atoms with Crippen LogP contribution in [-0.2, 0) is 4.79 Å². The third kappa shape index (κ3) is 2.12. The van der Waals surface area contributed by atoms with E-state index in [1.807, 2.05) is 53.2 Å². The van der Waals surface area contributed by atoms with E-state index in [4.69, 9.17) is 10.5 Å². The van der Waals surface area contributed by atoms with Crippen LogP contribution in [0.25, 0.3) is 16.6 Å². The number of aromatic nitrogens is 1. The van der Waals surface area contributed by atoms with Crippen LogP contribution in [0.4, 0.5) is 5.69 Å². The minimum atomic E-state index is -0.322. The molecule has 0 radical (unpaired) electrons. The van der Waals surface area contributed by atoms with Crippen molar-refractivity contribution in [3.8, 4) is 11.4 Å². The Morgan fingerprint density at radius 1 is 1.10 bits per heavy atom. The molecule has 0 saturated heterocycles. The minimum Gasteiger partial charge on any atom is -0.426 e. The number of hydrogen-bond acceptors (Lipinski definition) is 3. The Labute approximate surface area is 116 Å². The molecule has 100 valence electrons. The zero-order valence-corrected chi connectivity index (χ0v) is 11.0. The molecule has 3 rings (SSSR count). The molecule has 0 unspecified atom stereocenters. The first-order chi connectivity index (χ1) is 9.65. The van der Waals surface area contributed by atoms with E-state index in [2.05, 4.69) is 0 Å². The van der Waals surface area contributed by atoms with Gasteiger partial charge < -0.3 is 15.0 Å². The molecular weight excluding hydrogens is 252 g/mol. The summed E-state index contributed by atoms with van der Waals surface area (Å²) in [7, 11) is 0. The number of rotatable bonds is 2. The van der Waals surface area contributed by atoms with Crippen LogP contribution in [0, 0.1) is 0 Å². The summed E-state index contributed by atoms with van der Waals surface area (Å²) in [6.07, 6.45) is 1.95. The Balaban J connectivity index is 2.14. The molecule has 20 heavy (non-hydrogen) atoms. The van der Waals surface area contributed by atoms with Crippen molar-refractivity contribution >= 4 is 22.6 Å². The molecule has 2 aromatic carbocycles. The van der Waals surface area contributed by atoms with E-state index >= 15 is 0 Å². The standard InChI is InChI=1S/C16H14N2O2/c1-11(19)20-16-4-2-3-15-14(16)9-10-18(15)13-7-5-12(17)6-8-13/h2-10H,17H2,1H3. The molecule has 0 aliphatic heterocycles. The maximum atomic E-state index is 11.1. The molecule has 1 aromatic heterocycles. The Morgan fingerprint density at radius 2 is 1.85 bits per heavy atom. The monoisotopic (exact) mass is 266 g/mol. The summed E-state index contributed by atoms with van der Waals surface area (Å²) in [6, 6.07) is 15.2. The summed E-state index contributed by atoms with van der Waals surface area (Å²) >= 11 is 0. The molecule has 0 aliphatic rings. The Bertz CT molecular complexity index is 773. The lowest BCUT2D eigenvalue weighted by atomic mass is 10.2. The van der Waals surface area contributed by atoms with Crippen molar-refractivity contribution in [1.82, 2.24) is 4.57 Å². The number of nitrogens with zero attached hydrogens (tertiary/aromatic N) is 1. The van der Waals surface area contributed by atoms with Gasteiger partial charge in [0.1, 0.15) is 5.75 Å². The van der Waals surface area contributed by atoms with Gasteiger partial charge in [-0.3, -0.25) is 4.79 Å². The molecule has 3 aromatic rings. The molecule has 4 nitrogen and oxygen atoms in total. The molecule has 2 N–H and O–H groups in total. The molecule has 1 heterocycles. The molecule has 0 bridgehead atoms. The van der Waals surface area contributed by atoms with E-state index < -0.39 is 0 Å². The van der Waals surface area contributed by atoms with Gasteiger partial charge in [-0.2, -0.15) is 0 Å². The van der Waals surface area contributed by atoms with Crippen molar-refractivity contribution in [2.24, 2.45) is 0 Å². The first-order valence-electron chi connectivity index (χ1n) is 6.29.